The Balaban J connectivity index is 1.59. The van der Waals surface area contributed by atoms with Gasteiger partial charge in [0.1, 0.15) is 15.3 Å². The van der Waals surface area contributed by atoms with E-state index in [1.165, 1.54) is 36.6 Å². The first-order valence-electron chi connectivity index (χ1n) is 12.8. The molecule has 3 atom stereocenters. The molecule has 3 aliphatic rings. The molecule has 36 heavy (non-hydrogen) atoms. The van der Waals surface area contributed by atoms with Gasteiger partial charge in [0.15, 0.2) is 0 Å². The van der Waals surface area contributed by atoms with Gasteiger partial charge in [-0.1, -0.05) is 45.4 Å². The molecule has 2 aliphatic carbocycles. The average Bonchev–Trinajstić information content (AvgIpc) is 3.51. The lowest BCUT2D eigenvalue weighted by Gasteiger charge is -2.29. The maximum Gasteiger partial charge on any atom is 0.341 e. The van der Waals surface area contributed by atoms with Gasteiger partial charge in [-0.25, -0.2) is 4.79 Å². The van der Waals surface area contributed by atoms with Crippen LogP contribution in [-0.4, -0.2) is 47.8 Å². The van der Waals surface area contributed by atoms with E-state index in [0.717, 1.165) is 49.0 Å². The van der Waals surface area contributed by atoms with Crippen molar-refractivity contribution in [1.29, 1.82) is 0 Å². The van der Waals surface area contributed by atoms with Crippen molar-refractivity contribution < 1.29 is 19.1 Å². The topological polar surface area (TPSA) is 123 Å². The summed E-state index contributed by atoms with van der Waals surface area (Å²) in [6, 6.07) is 0.0897. The predicted octanol–water partition coefficient (Wildman–Crippen LogP) is 4.04. The standard InChI is InChI=1S/C26H36N4O4S2/c1-13(2)12-28-24-19(22(31)29-16-10-6-5-8-14(16)3)20(27)21(36-24)23(32)30-25-18(26(33)34-4)15-9-7-11-17(15)35-25/h13-14,16,21H,5-12,27H2,1-4H3,(H,29,31)(H,30,32)/t14-,16+,21-/m1/s1. The van der Waals surface area contributed by atoms with E-state index in [2.05, 4.69) is 36.4 Å². The number of amides is 2. The van der Waals surface area contributed by atoms with E-state index in [1.807, 2.05) is 0 Å². The second kappa shape index (κ2) is 11.4. The lowest BCUT2D eigenvalue weighted by atomic mass is 9.86. The number of nitrogens with zero attached hydrogens (tertiary/aromatic N) is 1. The van der Waals surface area contributed by atoms with Crippen LogP contribution in [0.4, 0.5) is 5.00 Å². The van der Waals surface area contributed by atoms with Crippen molar-refractivity contribution in [2.24, 2.45) is 22.6 Å². The normalized spacial score (nSPS) is 24.8. The Hall–Kier alpha value is -2.33. The Kier molecular flexibility index (Phi) is 8.44. The fourth-order valence-corrected chi connectivity index (χ4v) is 7.44. The fourth-order valence-electron chi connectivity index (χ4n) is 5.05. The van der Waals surface area contributed by atoms with Gasteiger partial charge < -0.3 is 21.1 Å². The zero-order chi connectivity index (χ0) is 26.0. The molecule has 4 N–H and O–H groups in total. The zero-order valence-electron chi connectivity index (χ0n) is 21.4. The number of anilines is 1. The first kappa shape index (κ1) is 26.7. The van der Waals surface area contributed by atoms with Crippen molar-refractivity contribution in [3.05, 3.63) is 27.3 Å². The molecule has 1 aliphatic heterocycles. The molecule has 1 aromatic heterocycles. The van der Waals surface area contributed by atoms with Gasteiger partial charge in [-0.15, -0.1) is 11.3 Å². The first-order valence-corrected chi connectivity index (χ1v) is 14.5. The summed E-state index contributed by atoms with van der Waals surface area (Å²) in [6.07, 6.45) is 6.96. The van der Waals surface area contributed by atoms with Crippen molar-refractivity contribution in [3.63, 3.8) is 0 Å². The fraction of sp³-hybridized carbons (Fsp3) is 0.615. The largest absolute Gasteiger partial charge is 0.465 e. The van der Waals surface area contributed by atoms with Gasteiger partial charge in [-0.2, -0.15) is 0 Å². The number of methoxy groups -OCH3 is 1. The molecule has 0 radical (unpaired) electrons. The number of nitrogens with two attached hydrogens (primary N) is 1. The van der Waals surface area contributed by atoms with Crippen molar-refractivity contribution in [1.82, 2.24) is 5.32 Å². The molecule has 0 bridgehead atoms. The number of thioether (sulfide) groups is 1. The number of carbonyl (C=O) groups is 3. The molecule has 2 heterocycles. The highest BCUT2D eigenvalue weighted by molar-refractivity contribution is 8.16. The molecule has 0 aromatic carbocycles. The molecule has 10 heteroatoms. The molecule has 0 unspecified atom stereocenters. The Morgan fingerprint density at radius 3 is 2.61 bits per heavy atom. The van der Waals surface area contributed by atoms with Gasteiger partial charge in [0, 0.05) is 23.2 Å². The second-order valence-electron chi connectivity index (χ2n) is 10.3. The summed E-state index contributed by atoms with van der Waals surface area (Å²) in [5.41, 5.74) is 8.40. The number of hydrogen-bond donors (Lipinski definition) is 3. The van der Waals surface area contributed by atoms with Gasteiger partial charge in [0.25, 0.3) is 5.91 Å². The lowest BCUT2D eigenvalue weighted by molar-refractivity contribution is -0.118. The molecule has 4 rings (SSSR count). The van der Waals surface area contributed by atoms with Crippen LogP contribution in [0.3, 0.4) is 0 Å². The predicted molar refractivity (Wildman–Crippen MR) is 146 cm³/mol. The third-order valence-corrected chi connectivity index (χ3v) is 9.52. The molecule has 8 nitrogen and oxygen atoms in total. The smallest absolute Gasteiger partial charge is 0.341 e. The molecule has 196 valence electrons. The van der Waals surface area contributed by atoms with E-state index in [9.17, 15) is 14.4 Å². The summed E-state index contributed by atoms with van der Waals surface area (Å²) in [6.45, 7) is 6.79. The molecular weight excluding hydrogens is 496 g/mol. The Labute approximate surface area is 220 Å². The number of carbonyl (C=O) groups excluding carboxylic acids is 3. The van der Waals surface area contributed by atoms with E-state index in [1.54, 1.807) is 0 Å². The highest BCUT2D eigenvalue weighted by Crippen LogP contribution is 2.41. The van der Waals surface area contributed by atoms with Crippen LogP contribution in [0.15, 0.2) is 16.3 Å². The molecular formula is C26H36N4O4S2. The van der Waals surface area contributed by atoms with Crippen LogP contribution in [0, 0.1) is 11.8 Å². The van der Waals surface area contributed by atoms with Crippen LogP contribution in [0.2, 0.25) is 0 Å². The Morgan fingerprint density at radius 1 is 1.17 bits per heavy atom. The summed E-state index contributed by atoms with van der Waals surface area (Å²) in [7, 11) is 1.34. The van der Waals surface area contributed by atoms with Crippen LogP contribution in [-0.2, 0) is 27.2 Å². The van der Waals surface area contributed by atoms with Crippen LogP contribution in [0.25, 0.3) is 0 Å². The number of aryl methyl sites for hydroxylation is 1. The first-order chi connectivity index (χ1) is 17.2. The molecule has 1 aromatic rings. The number of rotatable bonds is 7. The summed E-state index contributed by atoms with van der Waals surface area (Å²) in [5, 5.41) is 6.27. The third-order valence-electron chi connectivity index (χ3n) is 7.06. The van der Waals surface area contributed by atoms with Crippen molar-refractivity contribution in [3.8, 4) is 0 Å². The Morgan fingerprint density at radius 2 is 1.92 bits per heavy atom. The summed E-state index contributed by atoms with van der Waals surface area (Å²) < 4.78 is 4.99. The molecule has 1 saturated carbocycles. The number of thiophene rings is 1. The maximum absolute atomic E-state index is 13.4. The minimum Gasteiger partial charge on any atom is -0.465 e. The number of fused-ring (bicyclic) bond motifs is 1. The van der Waals surface area contributed by atoms with Gasteiger partial charge in [-0.3, -0.25) is 14.6 Å². The minimum atomic E-state index is -0.803. The summed E-state index contributed by atoms with van der Waals surface area (Å²) in [5.74, 6) is -0.388. The zero-order valence-corrected chi connectivity index (χ0v) is 23.1. The molecule has 0 spiro atoms. The average molecular weight is 533 g/mol. The molecule has 2 amide bonds. The maximum atomic E-state index is 13.4. The van der Waals surface area contributed by atoms with Gasteiger partial charge in [0.05, 0.1) is 18.2 Å². The number of ether oxygens (including phenoxy) is 1. The monoisotopic (exact) mass is 532 g/mol. The van der Waals surface area contributed by atoms with Crippen molar-refractivity contribution in [2.45, 2.75) is 77.0 Å². The quantitative estimate of drug-likeness (QED) is 0.456. The van der Waals surface area contributed by atoms with Crippen LogP contribution in [0.1, 0.15) is 73.7 Å². The SMILES string of the molecule is COC(=O)c1c(NC(=O)[C@@H]2SC(=NCC(C)C)C(C(=O)N[C@H]3CCCC[C@H]3C)=C2N)sc2c1CCC2. The van der Waals surface area contributed by atoms with E-state index in [4.69, 9.17) is 10.5 Å². The van der Waals surface area contributed by atoms with Gasteiger partial charge >= 0.3 is 5.97 Å². The van der Waals surface area contributed by atoms with Crippen molar-refractivity contribution in [2.75, 3.05) is 19.0 Å². The van der Waals surface area contributed by atoms with Crippen LogP contribution < -0.4 is 16.4 Å². The summed E-state index contributed by atoms with van der Waals surface area (Å²) in [4.78, 5) is 45.1. The van der Waals surface area contributed by atoms with Crippen molar-refractivity contribution >= 4 is 50.9 Å². The van der Waals surface area contributed by atoms with Crippen LogP contribution in [0.5, 0.6) is 0 Å². The molecule has 1 fully saturated rings. The third kappa shape index (κ3) is 5.49. The minimum absolute atomic E-state index is 0.0897. The number of esters is 1. The van der Waals surface area contributed by atoms with E-state index in [0.29, 0.717) is 39.6 Å². The lowest BCUT2D eigenvalue weighted by Crippen LogP contribution is -2.42. The number of hydrogen-bond acceptors (Lipinski definition) is 8. The van der Waals surface area contributed by atoms with E-state index < -0.39 is 11.2 Å². The number of nitrogens with one attached hydrogen (secondary N) is 2. The molecule has 0 saturated heterocycles. The van der Waals surface area contributed by atoms with E-state index in [-0.39, 0.29) is 23.6 Å². The van der Waals surface area contributed by atoms with Gasteiger partial charge in [-0.05, 0) is 49.5 Å². The summed E-state index contributed by atoms with van der Waals surface area (Å²) >= 11 is 2.62. The highest BCUT2D eigenvalue weighted by atomic mass is 32.2. The van der Waals surface area contributed by atoms with Crippen LogP contribution >= 0.6 is 23.1 Å². The van der Waals surface area contributed by atoms with Gasteiger partial charge in [0.2, 0.25) is 5.91 Å². The highest BCUT2D eigenvalue weighted by Gasteiger charge is 2.40. The van der Waals surface area contributed by atoms with E-state index >= 15 is 0 Å². The number of aliphatic imine (C=N–C) groups is 1. The second-order valence-corrected chi connectivity index (χ2v) is 12.5. The Bertz CT molecular complexity index is 1110.